The fourth-order valence-corrected chi connectivity index (χ4v) is 2.87. The van der Waals surface area contributed by atoms with Crippen molar-refractivity contribution >= 4 is 29.1 Å². The summed E-state index contributed by atoms with van der Waals surface area (Å²) in [7, 11) is 0. The van der Waals surface area contributed by atoms with Gasteiger partial charge in [0.2, 0.25) is 5.91 Å². The van der Waals surface area contributed by atoms with Crippen LogP contribution in [0.2, 0.25) is 0 Å². The molecule has 9 heteroatoms. The normalized spacial score (nSPS) is 11.8. The second-order valence-corrected chi connectivity index (χ2v) is 6.07. The van der Waals surface area contributed by atoms with Crippen LogP contribution in [0.4, 0.5) is 0 Å². The average Bonchev–Trinajstić information content (AvgIpc) is 3.16. The summed E-state index contributed by atoms with van der Waals surface area (Å²) in [6, 6.07) is 2.72. The summed E-state index contributed by atoms with van der Waals surface area (Å²) in [6.45, 7) is 3.50. The molecule has 2 aromatic heterocycles. The summed E-state index contributed by atoms with van der Waals surface area (Å²) in [5, 5.41) is 14.8. The molecule has 2 amide bonds. The quantitative estimate of drug-likeness (QED) is 0.698. The number of aromatic nitrogens is 1. The molecule has 0 aliphatic carbocycles. The van der Waals surface area contributed by atoms with Gasteiger partial charge >= 0.3 is 5.97 Å². The van der Waals surface area contributed by atoms with Gasteiger partial charge < -0.3 is 20.2 Å². The maximum absolute atomic E-state index is 11.9. The van der Waals surface area contributed by atoms with E-state index < -0.39 is 12.0 Å². The van der Waals surface area contributed by atoms with E-state index in [1.54, 1.807) is 19.9 Å². The van der Waals surface area contributed by atoms with E-state index in [1.165, 1.54) is 12.3 Å². The molecule has 0 spiro atoms. The Labute approximate surface area is 141 Å². The van der Waals surface area contributed by atoms with Crippen molar-refractivity contribution in [1.29, 1.82) is 0 Å². The number of aromatic carboxylic acids is 1. The third-order valence-corrected chi connectivity index (χ3v) is 4.47. The van der Waals surface area contributed by atoms with Gasteiger partial charge in [-0.05, 0) is 26.0 Å². The van der Waals surface area contributed by atoms with Gasteiger partial charge in [-0.15, -0.1) is 11.3 Å². The van der Waals surface area contributed by atoms with Gasteiger partial charge in [-0.25, -0.2) is 9.78 Å². The van der Waals surface area contributed by atoms with Crippen molar-refractivity contribution in [1.82, 2.24) is 15.6 Å². The molecule has 0 aromatic carbocycles. The summed E-state index contributed by atoms with van der Waals surface area (Å²) in [6.07, 6.45) is 1.48. The van der Waals surface area contributed by atoms with Crippen LogP contribution < -0.4 is 10.6 Å². The number of rotatable bonds is 7. The zero-order chi connectivity index (χ0) is 17.7. The number of carboxylic acid groups (broad SMARTS) is 1. The Morgan fingerprint density at radius 1 is 1.42 bits per heavy atom. The number of thiazole rings is 1. The Morgan fingerprint density at radius 3 is 2.75 bits per heavy atom. The van der Waals surface area contributed by atoms with Crippen LogP contribution in [-0.4, -0.2) is 34.4 Å². The van der Waals surface area contributed by atoms with Gasteiger partial charge in [0.15, 0.2) is 5.76 Å². The lowest BCUT2D eigenvalue weighted by atomic mass is 10.3. The summed E-state index contributed by atoms with van der Waals surface area (Å²) in [5.41, 5.74) is 0.425. The number of hydrogen-bond donors (Lipinski definition) is 3. The molecule has 2 aromatic rings. The molecule has 0 aliphatic heterocycles. The minimum absolute atomic E-state index is 0.0902. The maximum atomic E-state index is 11.9. The van der Waals surface area contributed by atoms with Gasteiger partial charge in [0, 0.05) is 13.0 Å². The highest BCUT2D eigenvalue weighted by molar-refractivity contribution is 7.13. The van der Waals surface area contributed by atoms with Crippen molar-refractivity contribution in [2.75, 3.05) is 6.54 Å². The summed E-state index contributed by atoms with van der Waals surface area (Å²) >= 11 is 1.04. The molecule has 0 aliphatic rings. The van der Waals surface area contributed by atoms with Crippen molar-refractivity contribution in [2.45, 2.75) is 26.3 Å². The Morgan fingerprint density at radius 2 is 2.17 bits per heavy atom. The van der Waals surface area contributed by atoms with E-state index in [1.807, 2.05) is 0 Å². The number of carbonyl (C=O) groups excluding carboxylic acids is 2. The van der Waals surface area contributed by atoms with E-state index in [0.29, 0.717) is 10.7 Å². The fraction of sp³-hybridized carbons (Fsp3) is 0.333. The molecule has 0 fully saturated rings. The van der Waals surface area contributed by atoms with Crippen molar-refractivity contribution in [3.05, 3.63) is 39.7 Å². The van der Waals surface area contributed by atoms with Crippen LogP contribution >= 0.6 is 11.3 Å². The largest absolute Gasteiger partial charge is 0.477 e. The first-order valence-electron chi connectivity index (χ1n) is 7.20. The Hall–Kier alpha value is -2.68. The summed E-state index contributed by atoms with van der Waals surface area (Å²) in [4.78, 5) is 38.9. The van der Waals surface area contributed by atoms with Crippen molar-refractivity contribution in [2.24, 2.45) is 0 Å². The molecule has 0 bridgehead atoms. The van der Waals surface area contributed by atoms with Crippen LogP contribution in [0.1, 0.15) is 50.3 Å². The number of furan rings is 1. The third kappa shape index (κ3) is 4.42. The van der Waals surface area contributed by atoms with Gasteiger partial charge in [0.05, 0.1) is 18.0 Å². The molecule has 24 heavy (non-hydrogen) atoms. The zero-order valence-corrected chi connectivity index (χ0v) is 14.0. The topological polar surface area (TPSA) is 122 Å². The molecule has 1 atom stereocenters. The van der Waals surface area contributed by atoms with Gasteiger partial charge in [0.1, 0.15) is 9.88 Å². The SMILES string of the molecule is Cc1nc(C(C)NC(=O)CCNC(=O)c2ccco2)sc1C(=O)O. The van der Waals surface area contributed by atoms with Gasteiger partial charge in [-0.2, -0.15) is 0 Å². The van der Waals surface area contributed by atoms with Gasteiger partial charge in [-0.1, -0.05) is 0 Å². The van der Waals surface area contributed by atoms with Crippen LogP contribution in [0.15, 0.2) is 22.8 Å². The van der Waals surface area contributed by atoms with E-state index in [4.69, 9.17) is 9.52 Å². The minimum Gasteiger partial charge on any atom is -0.477 e. The third-order valence-electron chi connectivity index (χ3n) is 3.14. The summed E-state index contributed by atoms with van der Waals surface area (Å²) < 4.78 is 4.94. The standard InChI is InChI=1S/C15H17N3O5S/c1-8-12(15(21)22)24-14(18-8)9(2)17-11(19)5-6-16-13(20)10-4-3-7-23-10/h3-4,7,9H,5-6H2,1-2H3,(H,16,20)(H,17,19)(H,21,22). The van der Waals surface area contributed by atoms with Crippen molar-refractivity contribution < 1.29 is 23.9 Å². The number of carboxylic acids is 1. The van der Waals surface area contributed by atoms with Crippen LogP contribution in [0, 0.1) is 6.92 Å². The zero-order valence-electron chi connectivity index (χ0n) is 13.2. The second kappa shape index (κ2) is 7.73. The Kier molecular flexibility index (Phi) is 5.69. The number of nitrogens with one attached hydrogen (secondary N) is 2. The highest BCUT2D eigenvalue weighted by Gasteiger charge is 2.19. The molecule has 2 rings (SSSR count). The number of carbonyl (C=O) groups is 3. The predicted molar refractivity (Wildman–Crippen MR) is 86.0 cm³/mol. The van der Waals surface area contributed by atoms with Crippen molar-refractivity contribution in [3.8, 4) is 0 Å². The lowest BCUT2D eigenvalue weighted by Crippen LogP contribution is -2.31. The molecule has 0 radical (unpaired) electrons. The molecule has 8 nitrogen and oxygen atoms in total. The Balaban J connectivity index is 1.80. The first-order valence-corrected chi connectivity index (χ1v) is 8.01. The monoisotopic (exact) mass is 351 g/mol. The molecule has 0 saturated carbocycles. The molecular weight excluding hydrogens is 334 g/mol. The summed E-state index contributed by atoms with van der Waals surface area (Å²) in [5.74, 6) is -1.51. The van der Waals surface area contributed by atoms with Crippen LogP contribution in [0.25, 0.3) is 0 Å². The van der Waals surface area contributed by atoms with E-state index in [9.17, 15) is 14.4 Å². The van der Waals surface area contributed by atoms with Crippen LogP contribution in [0.5, 0.6) is 0 Å². The number of hydrogen-bond acceptors (Lipinski definition) is 6. The number of amides is 2. The molecular formula is C15H17N3O5S. The maximum Gasteiger partial charge on any atom is 0.347 e. The first kappa shape index (κ1) is 17.7. The smallest absolute Gasteiger partial charge is 0.347 e. The molecule has 0 saturated heterocycles. The highest BCUT2D eigenvalue weighted by atomic mass is 32.1. The molecule has 128 valence electrons. The highest BCUT2D eigenvalue weighted by Crippen LogP contribution is 2.23. The van der Waals surface area contributed by atoms with Crippen LogP contribution in [-0.2, 0) is 4.79 Å². The molecule has 1 unspecified atom stereocenters. The lowest BCUT2D eigenvalue weighted by Gasteiger charge is -2.11. The number of nitrogens with zero attached hydrogens (tertiary/aromatic N) is 1. The van der Waals surface area contributed by atoms with Gasteiger partial charge in [-0.3, -0.25) is 9.59 Å². The molecule has 3 N–H and O–H groups in total. The van der Waals surface area contributed by atoms with E-state index in [0.717, 1.165) is 11.3 Å². The Bertz CT molecular complexity index is 738. The average molecular weight is 351 g/mol. The van der Waals surface area contributed by atoms with Crippen LogP contribution in [0.3, 0.4) is 0 Å². The number of aryl methyl sites for hydroxylation is 1. The first-order chi connectivity index (χ1) is 11.4. The van der Waals surface area contributed by atoms with E-state index >= 15 is 0 Å². The van der Waals surface area contributed by atoms with E-state index in [-0.39, 0.29) is 35.4 Å². The lowest BCUT2D eigenvalue weighted by molar-refractivity contribution is -0.121. The predicted octanol–water partition coefficient (Wildman–Crippen LogP) is 1.74. The minimum atomic E-state index is -1.03. The van der Waals surface area contributed by atoms with E-state index in [2.05, 4.69) is 15.6 Å². The molecule has 2 heterocycles. The van der Waals surface area contributed by atoms with Crippen molar-refractivity contribution in [3.63, 3.8) is 0 Å². The second-order valence-electron chi connectivity index (χ2n) is 5.04. The van der Waals surface area contributed by atoms with Gasteiger partial charge in [0.25, 0.3) is 5.91 Å². The fourth-order valence-electron chi connectivity index (χ4n) is 1.96.